The molecule has 0 atom stereocenters. The molecule has 0 aliphatic heterocycles. The van der Waals surface area contributed by atoms with Gasteiger partial charge in [0.15, 0.2) is 0 Å². The summed E-state index contributed by atoms with van der Waals surface area (Å²) < 4.78 is 27.5. The first kappa shape index (κ1) is 11.8. The van der Waals surface area contributed by atoms with Crippen LogP contribution in [0.4, 0.5) is 8.78 Å². The zero-order valence-electron chi connectivity index (χ0n) is 9.83. The fourth-order valence-corrected chi connectivity index (χ4v) is 2.75. The van der Waals surface area contributed by atoms with Crippen LogP contribution in [0.25, 0.3) is 11.0 Å². The van der Waals surface area contributed by atoms with Gasteiger partial charge in [0.25, 0.3) is 0 Å². The summed E-state index contributed by atoms with van der Waals surface area (Å²) in [6, 6.07) is 1.73. The van der Waals surface area contributed by atoms with Crippen molar-refractivity contribution in [2.75, 3.05) is 0 Å². The SMILES string of the molecule is Cc1nc(Cl)cc2c1ncn2CC1CC(F)(F)C1. The highest BCUT2D eigenvalue weighted by Crippen LogP contribution is 2.43. The van der Waals surface area contributed by atoms with Crippen LogP contribution >= 0.6 is 11.6 Å². The number of hydrogen-bond donors (Lipinski definition) is 0. The normalized spacial score (nSPS) is 19.1. The molecule has 1 fully saturated rings. The summed E-state index contributed by atoms with van der Waals surface area (Å²) in [5, 5.41) is 0.403. The largest absolute Gasteiger partial charge is 0.330 e. The third-order valence-electron chi connectivity index (χ3n) is 3.38. The highest BCUT2D eigenvalue weighted by Gasteiger charge is 2.45. The van der Waals surface area contributed by atoms with E-state index in [1.165, 1.54) is 0 Å². The van der Waals surface area contributed by atoms with Gasteiger partial charge in [-0.15, -0.1) is 0 Å². The van der Waals surface area contributed by atoms with Gasteiger partial charge in [-0.05, 0) is 12.8 Å². The zero-order valence-corrected chi connectivity index (χ0v) is 10.6. The van der Waals surface area contributed by atoms with Gasteiger partial charge in [0.1, 0.15) is 10.7 Å². The van der Waals surface area contributed by atoms with Crippen molar-refractivity contribution in [1.82, 2.24) is 14.5 Å². The molecule has 2 aromatic heterocycles. The molecule has 6 heteroatoms. The second-order valence-electron chi connectivity index (χ2n) is 4.93. The number of fused-ring (bicyclic) bond motifs is 1. The lowest BCUT2D eigenvalue weighted by Gasteiger charge is -2.35. The molecule has 18 heavy (non-hydrogen) atoms. The van der Waals surface area contributed by atoms with E-state index in [0.29, 0.717) is 11.7 Å². The van der Waals surface area contributed by atoms with E-state index < -0.39 is 5.92 Å². The molecule has 2 aromatic rings. The molecule has 0 radical (unpaired) electrons. The molecular formula is C12H12ClF2N3. The van der Waals surface area contributed by atoms with Crippen LogP contribution in [0.2, 0.25) is 5.15 Å². The monoisotopic (exact) mass is 271 g/mol. The maximum Gasteiger partial charge on any atom is 0.248 e. The Labute approximate surface area is 108 Å². The molecule has 0 bridgehead atoms. The Morgan fingerprint density at radius 1 is 1.50 bits per heavy atom. The predicted molar refractivity (Wildman–Crippen MR) is 64.9 cm³/mol. The highest BCUT2D eigenvalue weighted by atomic mass is 35.5. The third kappa shape index (κ3) is 1.96. The minimum Gasteiger partial charge on any atom is -0.330 e. The van der Waals surface area contributed by atoms with Gasteiger partial charge in [-0.3, -0.25) is 0 Å². The van der Waals surface area contributed by atoms with E-state index in [1.54, 1.807) is 12.4 Å². The molecule has 1 aliphatic rings. The summed E-state index contributed by atoms with van der Waals surface area (Å²) >= 11 is 5.91. The van der Waals surface area contributed by atoms with Crippen LogP contribution in [-0.2, 0) is 6.54 Å². The average Bonchev–Trinajstić information content (AvgIpc) is 2.59. The van der Waals surface area contributed by atoms with Gasteiger partial charge in [-0.25, -0.2) is 18.7 Å². The number of imidazole rings is 1. The molecule has 2 heterocycles. The lowest BCUT2D eigenvalue weighted by Crippen LogP contribution is -2.37. The Bertz CT molecular complexity index is 601. The summed E-state index contributed by atoms with van der Waals surface area (Å²) in [4.78, 5) is 8.38. The predicted octanol–water partition coefficient (Wildman–Crippen LogP) is 3.44. The van der Waals surface area contributed by atoms with Gasteiger partial charge in [0, 0.05) is 25.5 Å². The first-order valence-electron chi connectivity index (χ1n) is 5.80. The van der Waals surface area contributed by atoms with E-state index in [2.05, 4.69) is 9.97 Å². The van der Waals surface area contributed by atoms with E-state index in [-0.39, 0.29) is 18.8 Å². The Hall–Kier alpha value is -1.23. The van der Waals surface area contributed by atoms with Crippen molar-refractivity contribution in [3.8, 4) is 0 Å². The average molecular weight is 272 g/mol. The van der Waals surface area contributed by atoms with Crippen molar-refractivity contribution >= 4 is 22.6 Å². The van der Waals surface area contributed by atoms with Crippen LogP contribution in [0.1, 0.15) is 18.5 Å². The molecule has 3 nitrogen and oxygen atoms in total. The number of nitrogens with zero attached hydrogens (tertiary/aromatic N) is 3. The molecule has 0 N–H and O–H groups in total. The molecule has 1 aliphatic carbocycles. The Morgan fingerprint density at radius 3 is 2.89 bits per heavy atom. The second-order valence-corrected chi connectivity index (χ2v) is 5.31. The lowest BCUT2D eigenvalue weighted by atomic mass is 9.81. The third-order valence-corrected chi connectivity index (χ3v) is 3.57. The molecule has 0 aromatic carbocycles. The number of alkyl halides is 2. The Kier molecular flexibility index (Phi) is 2.55. The van der Waals surface area contributed by atoms with E-state index >= 15 is 0 Å². The summed E-state index contributed by atoms with van der Waals surface area (Å²) in [5.41, 5.74) is 2.41. The van der Waals surface area contributed by atoms with Crippen LogP contribution in [-0.4, -0.2) is 20.5 Å². The lowest BCUT2D eigenvalue weighted by molar-refractivity contribution is -0.113. The van der Waals surface area contributed by atoms with Crippen molar-refractivity contribution in [1.29, 1.82) is 0 Å². The van der Waals surface area contributed by atoms with Crippen LogP contribution in [0.5, 0.6) is 0 Å². The van der Waals surface area contributed by atoms with E-state index in [1.807, 2.05) is 11.5 Å². The van der Waals surface area contributed by atoms with Crippen LogP contribution in [0, 0.1) is 12.8 Å². The number of hydrogen-bond acceptors (Lipinski definition) is 2. The van der Waals surface area contributed by atoms with Crippen LogP contribution in [0.3, 0.4) is 0 Å². The number of rotatable bonds is 2. The van der Waals surface area contributed by atoms with Crippen molar-refractivity contribution < 1.29 is 8.78 Å². The van der Waals surface area contributed by atoms with Gasteiger partial charge in [0.05, 0.1) is 17.5 Å². The van der Waals surface area contributed by atoms with Crippen LogP contribution < -0.4 is 0 Å². The topological polar surface area (TPSA) is 30.7 Å². The fourth-order valence-electron chi connectivity index (χ4n) is 2.52. The molecule has 96 valence electrons. The zero-order chi connectivity index (χ0) is 12.9. The first-order valence-corrected chi connectivity index (χ1v) is 6.18. The van der Waals surface area contributed by atoms with Gasteiger partial charge in [-0.2, -0.15) is 0 Å². The van der Waals surface area contributed by atoms with E-state index in [4.69, 9.17) is 11.6 Å². The minimum atomic E-state index is -2.48. The van der Waals surface area contributed by atoms with Crippen molar-refractivity contribution in [2.45, 2.75) is 32.2 Å². The summed E-state index contributed by atoms with van der Waals surface area (Å²) in [5.74, 6) is -2.46. The standard InChI is InChI=1S/C12H12ClF2N3/c1-7-11-9(2-10(13)17-7)18(6-16-11)5-8-3-12(14,15)4-8/h2,6,8H,3-5H2,1H3. The molecule has 1 saturated carbocycles. The number of pyridine rings is 1. The maximum atomic E-state index is 12.8. The summed E-state index contributed by atoms with van der Waals surface area (Å²) in [6.07, 6.45) is 1.60. The highest BCUT2D eigenvalue weighted by molar-refractivity contribution is 6.30. The fraction of sp³-hybridized carbons (Fsp3) is 0.500. The Morgan fingerprint density at radius 2 is 2.22 bits per heavy atom. The molecule has 0 saturated heterocycles. The number of aromatic nitrogens is 3. The first-order chi connectivity index (χ1) is 8.44. The van der Waals surface area contributed by atoms with Gasteiger partial charge < -0.3 is 4.57 Å². The molecule has 0 amide bonds. The molecule has 0 unspecified atom stereocenters. The smallest absolute Gasteiger partial charge is 0.248 e. The minimum absolute atomic E-state index is 0.0182. The number of aryl methyl sites for hydroxylation is 1. The van der Waals surface area contributed by atoms with Gasteiger partial charge in [0.2, 0.25) is 5.92 Å². The van der Waals surface area contributed by atoms with Crippen molar-refractivity contribution in [3.63, 3.8) is 0 Å². The quantitative estimate of drug-likeness (QED) is 0.784. The summed E-state index contributed by atoms with van der Waals surface area (Å²) in [7, 11) is 0. The van der Waals surface area contributed by atoms with E-state index in [0.717, 1.165) is 16.7 Å². The molecule has 3 rings (SSSR count). The molecular weight excluding hydrogens is 260 g/mol. The summed E-state index contributed by atoms with van der Waals surface area (Å²) in [6.45, 7) is 2.40. The van der Waals surface area contributed by atoms with E-state index in [9.17, 15) is 8.78 Å². The second kappa shape index (κ2) is 3.88. The Balaban J connectivity index is 1.89. The van der Waals surface area contributed by atoms with Gasteiger partial charge >= 0.3 is 0 Å². The maximum absolute atomic E-state index is 12.8. The van der Waals surface area contributed by atoms with Crippen molar-refractivity contribution in [2.24, 2.45) is 5.92 Å². The van der Waals surface area contributed by atoms with Crippen LogP contribution in [0.15, 0.2) is 12.4 Å². The van der Waals surface area contributed by atoms with Gasteiger partial charge in [-0.1, -0.05) is 11.6 Å². The number of halogens is 3. The van der Waals surface area contributed by atoms with Crippen molar-refractivity contribution in [3.05, 3.63) is 23.2 Å². The molecule has 0 spiro atoms.